The van der Waals surface area contributed by atoms with Gasteiger partial charge in [0, 0.05) is 15.9 Å². The molecule has 2 rings (SSSR count). The van der Waals surface area contributed by atoms with Crippen molar-refractivity contribution in [2.75, 3.05) is 0 Å². The van der Waals surface area contributed by atoms with Crippen molar-refractivity contribution in [1.29, 1.82) is 0 Å². The molecule has 0 N–H and O–H groups in total. The molecule has 3 atom stereocenters. The van der Waals surface area contributed by atoms with Gasteiger partial charge in [0.1, 0.15) is 5.78 Å². The van der Waals surface area contributed by atoms with E-state index in [-0.39, 0.29) is 11.7 Å². The summed E-state index contributed by atoms with van der Waals surface area (Å²) in [6.45, 7) is 1.62. The van der Waals surface area contributed by atoms with Crippen molar-refractivity contribution in [2.45, 2.75) is 40.0 Å². The summed E-state index contributed by atoms with van der Waals surface area (Å²) in [5.74, 6) is 0.236. The van der Waals surface area contributed by atoms with Gasteiger partial charge < -0.3 is 0 Å². The Labute approximate surface area is 72.4 Å². The van der Waals surface area contributed by atoms with Gasteiger partial charge in [-0.3, -0.25) is 4.79 Å². The van der Waals surface area contributed by atoms with Crippen molar-refractivity contribution in [2.24, 2.45) is 16.7 Å². The standard InChI is InChI=1S/C10H16O/c1-9(2)7-4-5-10(9,3)8(11)6-7/h7H,4-6H2,1-3H3/i1D3. The SMILES string of the molecule is [2H]C([2H])([2H])C1(C)C2CCC1(C)C(=O)C2. The molecule has 0 aromatic carbocycles. The van der Waals surface area contributed by atoms with Gasteiger partial charge in [0.05, 0.1) is 0 Å². The first-order valence-corrected chi connectivity index (χ1v) is 4.27. The molecule has 0 saturated heterocycles. The van der Waals surface area contributed by atoms with E-state index in [1.807, 2.05) is 6.92 Å². The molecule has 0 spiro atoms. The summed E-state index contributed by atoms with van der Waals surface area (Å²) in [6.07, 6.45) is 2.13. The molecule has 0 aromatic heterocycles. The molecular formula is C10H16O. The molecule has 0 radical (unpaired) electrons. The minimum atomic E-state index is -2.00. The van der Waals surface area contributed by atoms with Crippen LogP contribution in [0, 0.1) is 16.7 Å². The average molecular weight is 155 g/mol. The maximum atomic E-state index is 11.8. The van der Waals surface area contributed by atoms with Crippen molar-refractivity contribution in [1.82, 2.24) is 0 Å². The van der Waals surface area contributed by atoms with Crippen LogP contribution in [0.25, 0.3) is 0 Å². The monoisotopic (exact) mass is 155 g/mol. The van der Waals surface area contributed by atoms with E-state index in [4.69, 9.17) is 4.11 Å². The topological polar surface area (TPSA) is 17.1 Å². The van der Waals surface area contributed by atoms with E-state index in [2.05, 4.69) is 0 Å². The Morgan fingerprint density at radius 3 is 2.64 bits per heavy atom. The first-order chi connectivity index (χ1) is 6.23. The fraction of sp³-hybridized carbons (Fsp3) is 0.900. The molecule has 3 unspecified atom stereocenters. The van der Waals surface area contributed by atoms with Crippen molar-refractivity contribution in [3.05, 3.63) is 0 Å². The van der Waals surface area contributed by atoms with E-state index in [9.17, 15) is 4.79 Å². The minimum absolute atomic E-state index is 0.0764. The highest BCUT2D eigenvalue weighted by atomic mass is 16.1. The van der Waals surface area contributed by atoms with Crippen molar-refractivity contribution < 1.29 is 8.91 Å². The Morgan fingerprint density at radius 1 is 1.64 bits per heavy atom. The second-order valence-corrected chi connectivity index (χ2v) is 4.40. The maximum Gasteiger partial charge on any atom is 0.139 e. The first-order valence-electron chi connectivity index (χ1n) is 5.77. The molecule has 2 aliphatic rings. The predicted molar refractivity (Wildman–Crippen MR) is 44.2 cm³/mol. The maximum absolute atomic E-state index is 11.8. The lowest BCUT2D eigenvalue weighted by Crippen LogP contribution is -2.32. The van der Waals surface area contributed by atoms with Gasteiger partial charge in [0.2, 0.25) is 0 Å². The van der Waals surface area contributed by atoms with Crippen LogP contribution >= 0.6 is 0 Å². The van der Waals surface area contributed by atoms with E-state index in [0.29, 0.717) is 6.42 Å². The third-order valence-electron chi connectivity index (χ3n) is 4.00. The van der Waals surface area contributed by atoms with Crippen molar-refractivity contribution >= 4 is 5.78 Å². The van der Waals surface area contributed by atoms with E-state index in [0.717, 1.165) is 12.8 Å². The Balaban J connectivity index is 2.52. The van der Waals surface area contributed by atoms with Gasteiger partial charge in [-0.05, 0) is 24.2 Å². The number of carbonyl (C=O) groups is 1. The summed E-state index contributed by atoms with van der Waals surface area (Å²) in [6, 6.07) is 0. The summed E-state index contributed by atoms with van der Waals surface area (Å²) in [5.41, 5.74) is -1.37. The zero-order chi connectivity index (χ0) is 10.8. The molecule has 2 aliphatic carbocycles. The van der Waals surface area contributed by atoms with E-state index >= 15 is 0 Å². The van der Waals surface area contributed by atoms with Gasteiger partial charge in [-0.15, -0.1) is 0 Å². The molecule has 1 nitrogen and oxygen atoms in total. The molecule has 0 aromatic rings. The molecule has 1 heteroatoms. The number of hydrogen-bond acceptors (Lipinski definition) is 1. The summed E-state index contributed by atoms with van der Waals surface area (Å²) >= 11 is 0. The zero-order valence-electron chi connectivity index (χ0n) is 10.1. The number of Topliss-reactive ketones (excluding diaryl/α,β-unsaturated/α-hetero) is 1. The number of carbonyl (C=O) groups excluding carboxylic acids is 1. The summed E-state index contributed by atoms with van der Waals surface area (Å²) in [4.78, 5) is 11.8. The van der Waals surface area contributed by atoms with E-state index in [1.54, 1.807) is 6.92 Å². The molecule has 0 heterocycles. The van der Waals surface area contributed by atoms with Gasteiger partial charge in [-0.25, -0.2) is 0 Å². The molecule has 2 fully saturated rings. The van der Waals surface area contributed by atoms with Crippen molar-refractivity contribution in [3.63, 3.8) is 0 Å². The highest BCUT2D eigenvalue weighted by Gasteiger charge is 2.61. The Bertz CT molecular complexity index is 296. The lowest BCUT2D eigenvalue weighted by Gasteiger charge is -2.32. The summed E-state index contributed by atoms with van der Waals surface area (Å²) in [5, 5.41) is 0. The fourth-order valence-electron chi connectivity index (χ4n) is 2.65. The molecular weight excluding hydrogens is 136 g/mol. The highest BCUT2D eigenvalue weighted by molar-refractivity contribution is 5.89. The van der Waals surface area contributed by atoms with Crippen LogP contribution < -0.4 is 0 Å². The lowest BCUT2D eigenvalue weighted by atomic mass is 9.70. The van der Waals surface area contributed by atoms with Crippen LogP contribution in [0.3, 0.4) is 0 Å². The largest absolute Gasteiger partial charge is 0.299 e. The number of ketones is 1. The van der Waals surface area contributed by atoms with Crippen LogP contribution in [-0.4, -0.2) is 5.78 Å². The molecule has 11 heavy (non-hydrogen) atoms. The molecule has 2 bridgehead atoms. The fourth-order valence-corrected chi connectivity index (χ4v) is 2.65. The predicted octanol–water partition coefficient (Wildman–Crippen LogP) is 2.40. The van der Waals surface area contributed by atoms with E-state index < -0.39 is 17.7 Å². The van der Waals surface area contributed by atoms with Gasteiger partial charge >= 0.3 is 0 Å². The average Bonchev–Trinajstić information content (AvgIpc) is 2.38. The smallest absolute Gasteiger partial charge is 0.139 e. The highest BCUT2D eigenvalue weighted by Crippen LogP contribution is 2.63. The molecule has 0 aliphatic heterocycles. The van der Waals surface area contributed by atoms with Crippen LogP contribution in [-0.2, 0) is 4.79 Å². The zero-order valence-corrected chi connectivity index (χ0v) is 7.11. The van der Waals surface area contributed by atoms with Crippen LogP contribution in [0.4, 0.5) is 0 Å². The van der Waals surface area contributed by atoms with Crippen LogP contribution in [0.2, 0.25) is 0 Å². The number of fused-ring (bicyclic) bond motifs is 2. The second kappa shape index (κ2) is 1.70. The van der Waals surface area contributed by atoms with Crippen LogP contribution in [0.1, 0.15) is 44.1 Å². The Hall–Kier alpha value is -0.330. The third kappa shape index (κ3) is 0.605. The second-order valence-electron chi connectivity index (χ2n) is 4.40. The summed E-state index contributed by atoms with van der Waals surface area (Å²) < 4.78 is 22.9. The minimum Gasteiger partial charge on any atom is -0.299 e. The third-order valence-corrected chi connectivity index (χ3v) is 4.00. The van der Waals surface area contributed by atoms with Crippen LogP contribution in [0.15, 0.2) is 0 Å². The Morgan fingerprint density at radius 2 is 2.36 bits per heavy atom. The van der Waals surface area contributed by atoms with Gasteiger partial charge in [-0.2, -0.15) is 0 Å². The molecule has 62 valence electrons. The molecule has 2 saturated carbocycles. The number of hydrogen-bond donors (Lipinski definition) is 0. The normalized spacial score (nSPS) is 60.7. The Kier molecular flexibility index (Phi) is 0.717. The van der Waals surface area contributed by atoms with Gasteiger partial charge in [-0.1, -0.05) is 20.7 Å². The lowest BCUT2D eigenvalue weighted by molar-refractivity contribution is -0.128. The molecule has 0 amide bonds. The number of rotatable bonds is 0. The van der Waals surface area contributed by atoms with Crippen molar-refractivity contribution in [3.8, 4) is 0 Å². The van der Waals surface area contributed by atoms with Crippen LogP contribution in [0.5, 0.6) is 0 Å². The van der Waals surface area contributed by atoms with Gasteiger partial charge in [0.15, 0.2) is 0 Å². The van der Waals surface area contributed by atoms with E-state index in [1.165, 1.54) is 0 Å². The van der Waals surface area contributed by atoms with Gasteiger partial charge in [0.25, 0.3) is 0 Å². The quantitative estimate of drug-likeness (QED) is 0.525. The summed E-state index contributed by atoms with van der Waals surface area (Å²) in [7, 11) is 0. The first kappa shape index (κ1) is 4.64.